The Morgan fingerprint density at radius 2 is 2.15 bits per heavy atom. The number of rotatable bonds is 5. The molecule has 0 fully saturated rings. The summed E-state index contributed by atoms with van der Waals surface area (Å²) in [6.07, 6.45) is 0. The van der Waals surface area contributed by atoms with E-state index in [1.165, 1.54) is 0 Å². The van der Waals surface area contributed by atoms with E-state index >= 15 is 0 Å². The van der Waals surface area contributed by atoms with Gasteiger partial charge in [-0.3, -0.25) is 0 Å². The largest absolute Gasteiger partial charge is 0.492 e. The van der Waals surface area contributed by atoms with Gasteiger partial charge >= 0.3 is 0 Å². The second-order valence-electron chi connectivity index (χ2n) is 2.58. The molecule has 1 rings (SSSR count). The number of ether oxygens (including phenoxy) is 1. The maximum atomic E-state index is 8.65. The lowest BCUT2D eigenvalue weighted by molar-refractivity contribution is 0.310. The fourth-order valence-corrected chi connectivity index (χ4v) is 1.08. The summed E-state index contributed by atoms with van der Waals surface area (Å²) >= 11 is 0. The number of hydrogen-bond donors (Lipinski definition) is 2. The molecule has 0 atom stereocenters. The highest BCUT2D eigenvalue weighted by atomic mass is 16.5. The van der Waals surface area contributed by atoms with E-state index in [4.69, 9.17) is 9.84 Å². The number of aliphatic hydroxyl groups is 1. The average molecular weight is 181 g/mol. The van der Waals surface area contributed by atoms with Gasteiger partial charge in [0.05, 0.1) is 18.9 Å². The van der Waals surface area contributed by atoms with Gasteiger partial charge in [-0.1, -0.05) is 12.1 Å². The van der Waals surface area contributed by atoms with Crippen LogP contribution in [0.15, 0.2) is 24.3 Å². The molecule has 3 heteroatoms. The zero-order valence-electron chi connectivity index (χ0n) is 7.79. The van der Waals surface area contributed by atoms with Crippen LogP contribution < -0.4 is 10.1 Å². The highest BCUT2D eigenvalue weighted by Gasteiger charge is 1.99. The predicted molar refractivity (Wildman–Crippen MR) is 53.2 cm³/mol. The van der Waals surface area contributed by atoms with Crippen LogP contribution >= 0.6 is 0 Å². The molecule has 2 N–H and O–H groups in total. The molecule has 0 unspecified atom stereocenters. The van der Waals surface area contributed by atoms with E-state index in [-0.39, 0.29) is 6.61 Å². The first-order valence-electron chi connectivity index (χ1n) is 4.45. The van der Waals surface area contributed by atoms with Gasteiger partial charge in [0.15, 0.2) is 0 Å². The molecule has 1 aromatic rings. The molecule has 0 aromatic heterocycles. The molecule has 0 aliphatic rings. The minimum atomic E-state index is 0.125. The first-order chi connectivity index (χ1) is 6.38. The van der Waals surface area contributed by atoms with Crippen LogP contribution in [0.5, 0.6) is 5.75 Å². The van der Waals surface area contributed by atoms with Crippen LogP contribution in [0, 0.1) is 0 Å². The molecule has 0 amide bonds. The highest BCUT2D eigenvalue weighted by molar-refractivity contribution is 5.56. The summed E-state index contributed by atoms with van der Waals surface area (Å²) in [5.74, 6) is 0.832. The van der Waals surface area contributed by atoms with Gasteiger partial charge in [0.1, 0.15) is 5.75 Å². The van der Waals surface area contributed by atoms with Gasteiger partial charge in [-0.05, 0) is 19.1 Å². The first-order valence-corrected chi connectivity index (χ1v) is 4.45. The molecular formula is C10H15NO2. The van der Waals surface area contributed by atoms with Crippen molar-refractivity contribution in [2.75, 3.05) is 25.1 Å². The lowest BCUT2D eigenvalue weighted by Crippen LogP contribution is -2.07. The molecule has 0 heterocycles. The van der Waals surface area contributed by atoms with Gasteiger partial charge in [-0.25, -0.2) is 0 Å². The number of hydrogen-bond acceptors (Lipinski definition) is 3. The van der Waals surface area contributed by atoms with Gasteiger partial charge in [-0.2, -0.15) is 0 Å². The molecule has 3 nitrogen and oxygen atoms in total. The second kappa shape index (κ2) is 5.43. The van der Waals surface area contributed by atoms with Crippen LogP contribution in [-0.2, 0) is 0 Å². The average Bonchev–Trinajstić information content (AvgIpc) is 2.17. The Kier molecular flexibility index (Phi) is 4.12. The Balaban J connectivity index is 2.66. The monoisotopic (exact) mass is 181 g/mol. The fourth-order valence-electron chi connectivity index (χ4n) is 1.08. The second-order valence-corrected chi connectivity index (χ2v) is 2.58. The minimum absolute atomic E-state index is 0.125. The van der Waals surface area contributed by atoms with Gasteiger partial charge < -0.3 is 15.2 Å². The molecule has 0 bridgehead atoms. The summed E-state index contributed by atoms with van der Waals surface area (Å²) in [7, 11) is 0. The van der Waals surface area contributed by atoms with Crippen molar-refractivity contribution in [1.82, 2.24) is 0 Å². The number of nitrogens with one attached hydrogen (secondary N) is 1. The third-order valence-electron chi connectivity index (χ3n) is 1.61. The summed E-state index contributed by atoms with van der Waals surface area (Å²) in [5, 5.41) is 11.7. The Hall–Kier alpha value is -1.22. The van der Waals surface area contributed by atoms with Gasteiger partial charge in [0, 0.05) is 6.54 Å². The molecule has 0 radical (unpaired) electrons. The summed E-state index contributed by atoms with van der Waals surface area (Å²) in [5.41, 5.74) is 0.929. The van der Waals surface area contributed by atoms with Crippen LogP contribution in [0.1, 0.15) is 6.92 Å². The number of para-hydroxylation sites is 2. The summed E-state index contributed by atoms with van der Waals surface area (Å²) in [6, 6.07) is 7.70. The SMILES string of the molecule is CCOc1ccccc1NCCO. The Morgan fingerprint density at radius 1 is 1.38 bits per heavy atom. The van der Waals surface area contributed by atoms with Crippen LogP contribution in [0.4, 0.5) is 5.69 Å². The van der Waals surface area contributed by atoms with Crippen molar-refractivity contribution in [2.45, 2.75) is 6.92 Å². The standard InChI is InChI=1S/C10H15NO2/c1-2-13-10-6-4-3-5-9(10)11-7-8-12/h3-6,11-12H,2,7-8H2,1H3. The van der Waals surface area contributed by atoms with Crippen molar-refractivity contribution in [3.8, 4) is 5.75 Å². The fraction of sp³-hybridized carbons (Fsp3) is 0.400. The first kappa shape index (κ1) is 9.86. The van der Waals surface area contributed by atoms with Gasteiger partial charge in [0.2, 0.25) is 0 Å². The molecule has 13 heavy (non-hydrogen) atoms. The zero-order valence-corrected chi connectivity index (χ0v) is 7.79. The maximum Gasteiger partial charge on any atom is 0.142 e. The van der Waals surface area contributed by atoms with Gasteiger partial charge in [0.25, 0.3) is 0 Å². The minimum Gasteiger partial charge on any atom is -0.492 e. The van der Waals surface area contributed by atoms with E-state index in [2.05, 4.69) is 5.32 Å². The Labute approximate surface area is 78.3 Å². The smallest absolute Gasteiger partial charge is 0.142 e. The molecule has 0 saturated carbocycles. The molecule has 0 aliphatic heterocycles. The number of aliphatic hydroxyl groups excluding tert-OH is 1. The molecule has 0 aliphatic carbocycles. The van der Waals surface area contributed by atoms with Crippen LogP contribution in [0.2, 0.25) is 0 Å². The van der Waals surface area contributed by atoms with Crippen molar-refractivity contribution >= 4 is 5.69 Å². The third kappa shape index (κ3) is 2.95. The van der Waals surface area contributed by atoms with Crippen molar-refractivity contribution in [3.05, 3.63) is 24.3 Å². The molecule has 1 aromatic carbocycles. The number of benzene rings is 1. The van der Waals surface area contributed by atoms with Crippen molar-refractivity contribution in [1.29, 1.82) is 0 Å². The van der Waals surface area contributed by atoms with E-state index in [1.54, 1.807) is 0 Å². The highest BCUT2D eigenvalue weighted by Crippen LogP contribution is 2.22. The molecular weight excluding hydrogens is 166 g/mol. The Morgan fingerprint density at radius 3 is 2.85 bits per heavy atom. The lowest BCUT2D eigenvalue weighted by atomic mass is 10.3. The van der Waals surface area contributed by atoms with E-state index in [0.29, 0.717) is 13.2 Å². The zero-order chi connectivity index (χ0) is 9.52. The predicted octanol–water partition coefficient (Wildman–Crippen LogP) is 1.49. The van der Waals surface area contributed by atoms with E-state index < -0.39 is 0 Å². The van der Waals surface area contributed by atoms with Crippen LogP contribution in [-0.4, -0.2) is 24.9 Å². The quantitative estimate of drug-likeness (QED) is 0.723. The lowest BCUT2D eigenvalue weighted by Gasteiger charge is -2.10. The Bertz CT molecular complexity index is 250. The number of anilines is 1. The van der Waals surface area contributed by atoms with Gasteiger partial charge in [-0.15, -0.1) is 0 Å². The van der Waals surface area contributed by atoms with E-state index in [9.17, 15) is 0 Å². The molecule has 72 valence electrons. The van der Waals surface area contributed by atoms with Crippen LogP contribution in [0.25, 0.3) is 0 Å². The molecule has 0 spiro atoms. The van der Waals surface area contributed by atoms with E-state index in [1.807, 2.05) is 31.2 Å². The topological polar surface area (TPSA) is 41.5 Å². The van der Waals surface area contributed by atoms with Crippen molar-refractivity contribution in [2.24, 2.45) is 0 Å². The van der Waals surface area contributed by atoms with Crippen molar-refractivity contribution in [3.63, 3.8) is 0 Å². The normalized spacial score (nSPS) is 9.69. The third-order valence-corrected chi connectivity index (χ3v) is 1.61. The van der Waals surface area contributed by atoms with Crippen LogP contribution in [0.3, 0.4) is 0 Å². The summed E-state index contributed by atoms with van der Waals surface area (Å²) in [4.78, 5) is 0. The summed E-state index contributed by atoms with van der Waals surface area (Å²) < 4.78 is 5.39. The van der Waals surface area contributed by atoms with Crippen molar-refractivity contribution < 1.29 is 9.84 Å². The maximum absolute atomic E-state index is 8.65. The molecule has 0 saturated heterocycles. The summed E-state index contributed by atoms with van der Waals surface area (Å²) in [6.45, 7) is 3.27. The van der Waals surface area contributed by atoms with E-state index in [0.717, 1.165) is 11.4 Å².